The van der Waals surface area contributed by atoms with Crippen molar-refractivity contribution in [3.05, 3.63) is 30.8 Å². The molecule has 0 aliphatic heterocycles. The minimum absolute atomic E-state index is 0.493. The van der Waals surface area contributed by atoms with Gasteiger partial charge in [0.05, 0.1) is 6.20 Å². The van der Waals surface area contributed by atoms with Gasteiger partial charge < -0.3 is 14.2 Å². The Hall–Kier alpha value is -2.30. The molecule has 0 aliphatic carbocycles. The Kier molecular flexibility index (Phi) is 1.89. The molecule has 0 saturated heterocycles. The third-order valence-electron chi connectivity index (χ3n) is 2.34. The third-order valence-corrected chi connectivity index (χ3v) is 2.34. The predicted octanol–water partition coefficient (Wildman–Crippen LogP) is 2.52. The number of nitrogens with one attached hydrogen (secondary N) is 1. The van der Waals surface area contributed by atoms with Gasteiger partial charge in [0.2, 0.25) is 0 Å². The van der Waals surface area contributed by atoms with E-state index in [1.807, 2.05) is 18.2 Å². The highest BCUT2D eigenvalue weighted by molar-refractivity contribution is 5.78. The molecule has 1 aromatic carbocycles. The Bertz CT molecular complexity index is 627. The average Bonchev–Trinajstić information content (AvgIpc) is 2.96. The van der Waals surface area contributed by atoms with Gasteiger partial charge in [-0.2, -0.15) is 0 Å². The van der Waals surface area contributed by atoms with E-state index in [0.717, 1.165) is 16.7 Å². The van der Waals surface area contributed by atoms with E-state index in [1.54, 1.807) is 13.2 Å². The Morgan fingerprint density at radius 1 is 1.25 bits per heavy atom. The van der Waals surface area contributed by atoms with E-state index in [1.165, 1.54) is 6.39 Å². The van der Waals surface area contributed by atoms with Crippen LogP contribution in [0.2, 0.25) is 0 Å². The molecule has 2 aromatic heterocycles. The van der Waals surface area contributed by atoms with Crippen molar-refractivity contribution in [2.45, 2.75) is 0 Å². The SMILES string of the molecule is CNc1ncc(-c2ccc3ncoc3c2)o1. The molecule has 80 valence electrons. The molecule has 0 bridgehead atoms. The summed E-state index contributed by atoms with van der Waals surface area (Å²) in [7, 11) is 1.76. The van der Waals surface area contributed by atoms with Gasteiger partial charge in [-0.05, 0) is 18.2 Å². The van der Waals surface area contributed by atoms with E-state index in [0.29, 0.717) is 11.8 Å². The summed E-state index contributed by atoms with van der Waals surface area (Å²) in [6.45, 7) is 0. The molecule has 16 heavy (non-hydrogen) atoms. The lowest BCUT2D eigenvalue weighted by Crippen LogP contribution is -1.85. The first-order valence-electron chi connectivity index (χ1n) is 4.84. The molecule has 5 nitrogen and oxygen atoms in total. The second kappa shape index (κ2) is 3.37. The zero-order valence-corrected chi connectivity index (χ0v) is 8.60. The van der Waals surface area contributed by atoms with Crippen LogP contribution in [0.5, 0.6) is 0 Å². The minimum Gasteiger partial charge on any atom is -0.443 e. The molecule has 0 saturated carbocycles. The Morgan fingerprint density at radius 3 is 3.00 bits per heavy atom. The van der Waals surface area contributed by atoms with Crippen LogP contribution in [0.3, 0.4) is 0 Å². The maximum Gasteiger partial charge on any atom is 0.294 e. The highest BCUT2D eigenvalue weighted by Gasteiger charge is 2.07. The molecule has 0 aliphatic rings. The highest BCUT2D eigenvalue weighted by atomic mass is 16.4. The number of fused-ring (bicyclic) bond motifs is 1. The van der Waals surface area contributed by atoms with Crippen molar-refractivity contribution in [2.24, 2.45) is 0 Å². The van der Waals surface area contributed by atoms with Gasteiger partial charge in [-0.1, -0.05) is 0 Å². The lowest BCUT2D eigenvalue weighted by atomic mass is 10.2. The van der Waals surface area contributed by atoms with Crippen molar-refractivity contribution in [1.29, 1.82) is 0 Å². The fraction of sp³-hybridized carbons (Fsp3) is 0.0909. The number of oxazole rings is 2. The first-order valence-corrected chi connectivity index (χ1v) is 4.84. The van der Waals surface area contributed by atoms with Crippen molar-refractivity contribution in [3.63, 3.8) is 0 Å². The van der Waals surface area contributed by atoms with Crippen LogP contribution in [0.4, 0.5) is 6.01 Å². The summed E-state index contributed by atoms with van der Waals surface area (Å²) in [5, 5.41) is 2.84. The summed E-state index contributed by atoms with van der Waals surface area (Å²) in [4.78, 5) is 8.10. The standard InChI is InChI=1S/C11H9N3O2/c1-12-11-13-5-10(16-11)7-2-3-8-9(4-7)15-6-14-8/h2-6H,1H3,(H,12,13). The van der Waals surface area contributed by atoms with Gasteiger partial charge in [-0.15, -0.1) is 0 Å². The summed E-state index contributed by atoms with van der Waals surface area (Å²) < 4.78 is 10.7. The molecule has 0 spiro atoms. The zero-order chi connectivity index (χ0) is 11.0. The first-order chi connectivity index (χ1) is 7.86. The molecule has 0 radical (unpaired) electrons. The summed E-state index contributed by atoms with van der Waals surface area (Å²) in [6.07, 6.45) is 3.09. The largest absolute Gasteiger partial charge is 0.443 e. The number of rotatable bonds is 2. The average molecular weight is 215 g/mol. The molecule has 3 rings (SSSR count). The van der Waals surface area contributed by atoms with Crippen LogP contribution < -0.4 is 5.32 Å². The molecule has 0 amide bonds. The van der Waals surface area contributed by atoms with Crippen LogP contribution in [-0.4, -0.2) is 17.0 Å². The van der Waals surface area contributed by atoms with Crippen molar-refractivity contribution >= 4 is 17.1 Å². The van der Waals surface area contributed by atoms with Gasteiger partial charge in [0.1, 0.15) is 5.52 Å². The molecular weight excluding hydrogens is 206 g/mol. The number of hydrogen-bond donors (Lipinski definition) is 1. The van der Waals surface area contributed by atoms with Crippen LogP contribution in [0.1, 0.15) is 0 Å². The summed E-state index contributed by atoms with van der Waals surface area (Å²) in [6, 6.07) is 6.18. The molecule has 0 fully saturated rings. The number of anilines is 1. The lowest BCUT2D eigenvalue weighted by Gasteiger charge is -1.95. The normalized spacial score (nSPS) is 10.8. The van der Waals surface area contributed by atoms with Crippen LogP contribution >= 0.6 is 0 Å². The van der Waals surface area contributed by atoms with Crippen LogP contribution in [0.25, 0.3) is 22.4 Å². The fourth-order valence-electron chi connectivity index (χ4n) is 1.53. The Balaban J connectivity index is 2.10. The topological polar surface area (TPSA) is 64.1 Å². The molecule has 0 unspecified atom stereocenters. The van der Waals surface area contributed by atoms with Gasteiger partial charge in [0, 0.05) is 12.6 Å². The van der Waals surface area contributed by atoms with Crippen molar-refractivity contribution in [3.8, 4) is 11.3 Å². The van der Waals surface area contributed by atoms with E-state index < -0.39 is 0 Å². The van der Waals surface area contributed by atoms with Gasteiger partial charge in [0.15, 0.2) is 17.7 Å². The van der Waals surface area contributed by atoms with Crippen LogP contribution in [0.15, 0.2) is 39.6 Å². The van der Waals surface area contributed by atoms with E-state index in [-0.39, 0.29) is 0 Å². The third kappa shape index (κ3) is 1.33. The summed E-state index contributed by atoms with van der Waals surface area (Å²) >= 11 is 0. The van der Waals surface area contributed by atoms with Crippen molar-refractivity contribution in [2.75, 3.05) is 12.4 Å². The second-order valence-corrected chi connectivity index (χ2v) is 3.31. The van der Waals surface area contributed by atoms with Crippen LogP contribution in [0, 0.1) is 0 Å². The monoisotopic (exact) mass is 215 g/mol. The van der Waals surface area contributed by atoms with Gasteiger partial charge in [-0.25, -0.2) is 9.97 Å². The van der Waals surface area contributed by atoms with E-state index >= 15 is 0 Å². The van der Waals surface area contributed by atoms with E-state index in [9.17, 15) is 0 Å². The minimum atomic E-state index is 0.493. The Morgan fingerprint density at radius 2 is 2.19 bits per heavy atom. The fourth-order valence-corrected chi connectivity index (χ4v) is 1.53. The van der Waals surface area contributed by atoms with Gasteiger partial charge in [-0.3, -0.25) is 0 Å². The van der Waals surface area contributed by atoms with Crippen molar-refractivity contribution < 1.29 is 8.83 Å². The lowest BCUT2D eigenvalue weighted by molar-refractivity contribution is 0.588. The molecule has 2 heterocycles. The molecule has 5 heteroatoms. The molecular formula is C11H9N3O2. The molecule has 1 N–H and O–H groups in total. The van der Waals surface area contributed by atoms with E-state index in [2.05, 4.69) is 15.3 Å². The van der Waals surface area contributed by atoms with Gasteiger partial charge in [0.25, 0.3) is 6.01 Å². The summed E-state index contributed by atoms with van der Waals surface area (Å²) in [5.74, 6) is 0.697. The van der Waals surface area contributed by atoms with Crippen LogP contribution in [-0.2, 0) is 0 Å². The van der Waals surface area contributed by atoms with E-state index in [4.69, 9.17) is 8.83 Å². The number of aromatic nitrogens is 2. The quantitative estimate of drug-likeness (QED) is 0.711. The zero-order valence-electron chi connectivity index (χ0n) is 8.60. The first kappa shape index (κ1) is 8.96. The molecule has 3 aromatic rings. The van der Waals surface area contributed by atoms with Crippen molar-refractivity contribution in [1.82, 2.24) is 9.97 Å². The van der Waals surface area contributed by atoms with Gasteiger partial charge >= 0.3 is 0 Å². The summed E-state index contributed by atoms with van der Waals surface area (Å²) in [5.41, 5.74) is 2.48. The highest BCUT2D eigenvalue weighted by Crippen LogP contribution is 2.25. The number of nitrogens with zero attached hydrogens (tertiary/aromatic N) is 2. The smallest absolute Gasteiger partial charge is 0.294 e. The Labute approximate surface area is 91.1 Å². The maximum absolute atomic E-state index is 5.46. The number of hydrogen-bond acceptors (Lipinski definition) is 5. The number of benzene rings is 1. The predicted molar refractivity (Wildman–Crippen MR) is 59.1 cm³/mol. The maximum atomic E-state index is 5.46. The second-order valence-electron chi connectivity index (χ2n) is 3.31. The molecule has 0 atom stereocenters.